The molecule has 3 saturated heterocycles. The number of allylic oxidation sites excluding steroid dienone is 4. The Hall–Kier alpha value is -6.60. The molecule has 4 unspecified atom stereocenters. The van der Waals surface area contributed by atoms with Gasteiger partial charge in [0, 0.05) is 35.0 Å². The zero-order valence-corrected chi connectivity index (χ0v) is 46.6. The highest BCUT2D eigenvalue weighted by atomic mass is 16.8. The first-order valence-corrected chi connectivity index (χ1v) is 27.4. The van der Waals surface area contributed by atoms with Crippen molar-refractivity contribution in [3.05, 3.63) is 117 Å². The predicted molar refractivity (Wildman–Crippen MR) is 291 cm³/mol. The molecule has 13 rings (SSSR count). The van der Waals surface area contributed by atoms with Gasteiger partial charge in [0.25, 0.3) is 0 Å². The second-order valence-electron chi connectivity index (χ2n) is 24.0. The lowest BCUT2D eigenvalue weighted by Crippen LogP contribution is -2.75. The number of aliphatic hydroxyl groups excluding tert-OH is 2. The normalized spacial score (nSPS) is 31.8. The van der Waals surface area contributed by atoms with E-state index in [1.54, 1.807) is 51.1 Å². The quantitative estimate of drug-likeness (QED) is 0.0523. The third kappa shape index (κ3) is 8.23. The smallest absolute Gasteiger partial charge is 0.343 e. The minimum absolute atomic E-state index is 0.00568. The molecule has 6 aliphatic heterocycles. The van der Waals surface area contributed by atoms with Crippen molar-refractivity contribution in [2.24, 2.45) is 11.8 Å². The second kappa shape index (κ2) is 18.7. The summed E-state index contributed by atoms with van der Waals surface area (Å²) in [6.45, 7) is 19.5. The van der Waals surface area contributed by atoms with Crippen LogP contribution in [0.4, 0.5) is 5.95 Å². The maximum absolute atomic E-state index is 16.0. The standard InChI is InChI=1S/C62H69N3O14/c1-31(2)15-14-26-60(10)27-25-37-49(77-60)36(23-18-32(3)4)51-43(50(37)75-55(70)34-19-21-35(22-20-34)73-56-48(67)47(66)52-41(74-56)30-72-59(8,9)76-52)45-44-46(65-40-17-13-12-16-39(40)63-57(65)64-45)38-29-42-58(6,7)79-61(53(38)68,62(42,44)78-51)28-24-33(5)54(69)71-11/h12-13,15-22,24-25,27,38,41-42,46-48,52,56,66-67H,14,23,26,28-30H2,1-11H3,(H,63,64)/b33-24-/t38-,41+,42+,46?,47+,48+,52+,56+,60?,61?,62?/m0/s1. The summed E-state index contributed by atoms with van der Waals surface area (Å²) >= 11 is 0. The average Bonchev–Trinajstić information content (AvgIpc) is 2.00. The van der Waals surface area contributed by atoms with Crippen molar-refractivity contribution in [3.8, 4) is 23.0 Å². The number of ketones is 1. The number of aliphatic hydroxyl groups is 2. The molecule has 0 amide bonds. The highest BCUT2D eigenvalue weighted by Crippen LogP contribution is 2.74. The summed E-state index contributed by atoms with van der Waals surface area (Å²) in [6, 6.07) is 13.5. The van der Waals surface area contributed by atoms with Crippen LogP contribution in [-0.4, -0.2) is 110 Å². The minimum Gasteiger partial charge on any atom is -0.482 e. The molecule has 4 aromatic rings. The SMILES string of the molecule is COC(=O)/C(C)=C\CC12OC(C)(C)[C@H]3C[C@H](C1=O)C1C4=C(Nc5nc6ccccc6n51)c1c(OC(=O)c5ccc(O[C@@H]6O[C@@H]7COC(C)(C)O[C@H]7[C@H](O)[C@H]6O)cc5)c5c(c(CC=C(C)C)c1OC432)OC(C)(CCC=C(C)C)C=C5. The highest BCUT2D eigenvalue weighted by Gasteiger charge is 2.84. The van der Waals surface area contributed by atoms with Crippen LogP contribution < -0.4 is 24.3 Å². The van der Waals surface area contributed by atoms with Gasteiger partial charge in [-0.15, -0.1) is 0 Å². The van der Waals surface area contributed by atoms with Crippen molar-refractivity contribution in [2.45, 2.75) is 166 Å². The van der Waals surface area contributed by atoms with Gasteiger partial charge in [-0.05, 0) is 143 Å². The van der Waals surface area contributed by atoms with Crippen LogP contribution in [0, 0.1) is 11.8 Å². The summed E-state index contributed by atoms with van der Waals surface area (Å²) < 4.78 is 60.5. The van der Waals surface area contributed by atoms with Crippen molar-refractivity contribution in [1.29, 1.82) is 0 Å². The summed E-state index contributed by atoms with van der Waals surface area (Å²) in [7, 11) is 1.33. The Labute approximate surface area is 459 Å². The Morgan fingerprint density at radius 2 is 1.67 bits per heavy atom. The van der Waals surface area contributed by atoms with Crippen LogP contribution in [0.3, 0.4) is 0 Å². The Morgan fingerprint density at radius 1 is 0.924 bits per heavy atom. The third-order valence-electron chi connectivity index (χ3n) is 17.3. The number of imidazole rings is 1. The highest BCUT2D eigenvalue weighted by molar-refractivity contribution is 6.04. The number of benzene rings is 3. The number of hydrogen-bond acceptors (Lipinski definition) is 16. The van der Waals surface area contributed by atoms with Gasteiger partial charge in [-0.1, -0.05) is 41.5 Å². The number of esters is 2. The first-order valence-electron chi connectivity index (χ1n) is 27.4. The topological polar surface area (TPSA) is 205 Å². The molecule has 7 heterocycles. The number of rotatable bonds is 12. The lowest BCUT2D eigenvalue weighted by Gasteiger charge is -2.62. The number of anilines is 1. The fourth-order valence-electron chi connectivity index (χ4n) is 13.6. The van der Waals surface area contributed by atoms with Crippen LogP contribution in [0.5, 0.6) is 23.0 Å². The summed E-state index contributed by atoms with van der Waals surface area (Å²) in [5.41, 5.74) is 2.46. The van der Waals surface area contributed by atoms with E-state index in [4.69, 9.17) is 47.6 Å². The molecule has 9 aliphatic rings. The van der Waals surface area contributed by atoms with Gasteiger partial charge < -0.3 is 62.7 Å². The zero-order chi connectivity index (χ0) is 55.9. The minimum atomic E-state index is -1.64. The van der Waals surface area contributed by atoms with Crippen LogP contribution in [0.15, 0.2) is 95.1 Å². The number of aromatic nitrogens is 2. The molecular weight excluding hydrogens is 1010 g/mol. The van der Waals surface area contributed by atoms with E-state index in [0.717, 1.165) is 28.6 Å². The Balaban J connectivity index is 1.04. The lowest BCUT2D eigenvalue weighted by atomic mass is 9.47. The van der Waals surface area contributed by atoms with Gasteiger partial charge in [0.2, 0.25) is 12.2 Å². The van der Waals surface area contributed by atoms with Gasteiger partial charge >= 0.3 is 11.9 Å². The molecule has 1 aromatic heterocycles. The molecular formula is C62H69N3O14. The molecule has 416 valence electrons. The van der Waals surface area contributed by atoms with E-state index >= 15 is 9.59 Å². The van der Waals surface area contributed by atoms with E-state index in [2.05, 4.69) is 35.9 Å². The number of methoxy groups -OCH3 is 1. The molecule has 17 nitrogen and oxygen atoms in total. The van der Waals surface area contributed by atoms with Crippen LogP contribution in [-0.2, 0) is 39.7 Å². The fraction of sp³-hybridized carbons (Fsp3) is 0.484. The molecule has 3 aromatic carbocycles. The van der Waals surface area contributed by atoms with E-state index in [1.807, 2.05) is 71.0 Å². The monoisotopic (exact) mass is 1080 g/mol. The van der Waals surface area contributed by atoms with E-state index in [9.17, 15) is 15.0 Å². The first kappa shape index (κ1) is 53.1. The molecule has 3 N–H and O–H groups in total. The molecule has 17 heteroatoms. The van der Waals surface area contributed by atoms with Crippen molar-refractivity contribution >= 4 is 46.5 Å². The van der Waals surface area contributed by atoms with Crippen LogP contribution in [0.1, 0.15) is 128 Å². The lowest BCUT2D eigenvalue weighted by molar-refractivity contribution is -0.373. The summed E-state index contributed by atoms with van der Waals surface area (Å²) in [4.78, 5) is 49.3. The molecule has 6 fully saturated rings. The number of ether oxygens (including phenoxy) is 9. The molecule has 1 spiro atoms. The van der Waals surface area contributed by atoms with Crippen molar-refractivity contribution < 1.29 is 67.2 Å². The number of para-hydroxylation sites is 2. The van der Waals surface area contributed by atoms with Crippen molar-refractivity contribution in [2.75, 3.05) is 19.0 Å². The number of Topliss-reactive ketones (excluding diaryl/α,β-unsaturated/α-hetero) is 1. The number of carbonyl (C=O) groups excluding carboxylic acids is 3. The Morgan fingerprint density at radius 3 is 2.41 bits per heavy atom. The van der Waals surface area contributed by atoms with Gasteiger partial charge in [-0.25, -0.2) is 14.6 Å². The fourth-order valence-corrected chi connectivity index (χ4v) is 13.6. The molecule has 3 saturated carbocycles. The van der Waals surface area contributed by atoms with E-state index in [0.29, 0.717) is 64.7 Å². The number of hydrogen-bond donors (Lipinski definition) is 3. The van der Waals surface area contributed by atoms with Gasteiger partial charge in [-0.2, -0.15) is 0 Å². The number of nitrogens with one attached hydrogen (secondary N) is 1. The molecule has 0 radical (unpaired) electrons. The molecule has 79 heavy (non-hydrogen) atoms. The average molecular weight is 1080 g/mol. The van der Waals surface area contributed by atoms with Crippen LogP contribution in [0.25, 0.3) is 22.8 Å². The number of carbonyl (C=O) groups is 3. The van der Waals surface area contributed by atoms with E-state index < -0.39 is 88.7 Å². The van der Waals surface area contributed by atoms with Gasteiger partial charge in [-0.3, -0.25) is 4.79 Å². The first-order chi connectivity index (χ1) is 37.5. The van der Waals surface area contributed by atoms with Gasteiger partial charge in [0.15, 0.2) is 28.5 Å². The zero-order valence-electron chi connectivity index (χ0n) is 46.6. The predicted octanol–water partition coefficient (Wildman–Crippen LogP) is 9.44. The van der Waals surface area contributed by atoms with Gasteiger partial charge in [0.05, 0.1) is 58.8 Å². The van der Waals surface area contributed by atoms with Crippen molar-refractivity contribution in [3.63, 3.8) is 0 Å². The Bertz CT molecular complexity index is 3390. The van der Waals surface area contributed by atoms with Crippen molar-refractivity contribution in [1.82, 2.24) is 9.55 Å². The number of nitrogens with zero attached hydrogens (tertiary/aromatic N) is 2. The molecule has 11 atom stereocenters. The molecule has 3 aliphatic carbocycles. The van der Waals surface area contributed by atoms with Crippen LogP contribution in [0.2, 0.25) is 0 Å². The summed E-state index contributed by atoms with van der Waals surface area (Å²) in [5, 5.41) is 26.0. The largest absolute Gasteiger partial charge is 0.482 e. The van der Waals surface area contributed by atoms with E-state index in [-0.39, 0.29) is 35.9 Å². The Kier molecular flexibility index (Phi) is 12.6. The third-order valence-corrected chi connectivity index (χ3v) is 17.3. The molecule has 4 bridgehead atoms. The van der Waals surface area contributed by atoms with Crippen LogP contribution >= 0.6 is 0 Å². The van der Waals surface area contributed by atoms with Gasteiger partial charge in [0.1, 0.15) is 47.3 Å². The number of fused-ring (bicyclic) bond motifs is 7. The summed E-state index contributed by atoms with van der Waals surface area (Å²) in [5.74, 6) is -1.58. The second-order valence-corrected chi connectivity index (χ2v) is 24.0. The summed E-state index contributed by atoms with van der Waals surface area (Å²) in [6.07, 6.45) is 6.59. The van der Waals surface area contributed by atoms with E-state index in [1.165, 1.54) is 12.7 Å². The maximum atomic E-state index is 16.0. The maximum Gasteiger partial charge on any atom is 0.343 e.